The van der Waals surface area contributed by atoms with Crippen LogP contribution in [0.4, 0.5) is 0 Å². The summed E-state index contributed by atoms with van der Waals surface area (Å²) in [7, 11) is 2.82. The molecule has 0 aliphatic rings. The highest BCUT2D eigenvalue weighted by molar-refractivity contribution is 6.32. The Balaban J connectivity index is 3.06. The molecule has 1 rings (SSSR count). The van der Waals surface area contributed by atoms with Crippen LogP contribution in [-0.2, 0) is 20.9 Å². The molecule has 0 saturated carbocycles. The molecule has 0 aliphatic carbocycles. The fraction of sp³-hybridized carbons (Fsp3) is 0.467. The second kappa shape index (κ2) is 5.87. The number of hydrogen-bond donors (Lipinski definition) is 0. The monoisotopic (exact) mass is 263 g/mol. The Hall–Kier alpha value is -1.84. The SMILES string of the molecule is COC(=O)C(=O)N(C)Cc1c(C)c(C)cc(C)c1C. The molecule has 0 heterocycles. The lowest BCUT2D eigenvalue weighted by Gasteiger charge is -2.21. The number of amides is 1. The lowest BCUT2D eigenvalue weighted by molar-refractivity contribution is -0.157. The molecule has 4 heteroatoms. The van der Waals surface area contributed by atoms with Gasteiger partial charge in [-0.15, -0.1) is 0 Å². The van der Waals surface area contributed by atoms with E-state index >= 15 is 0 Å². The summed E-state index contributed by atoms with van der Waals surface area (Å²) in [5, 5.41) is 0. The number of likely N-dealkylation sites (N-methyl/N-ethyl adjacent to an activating group) is 1. The van der Waals surface area contributed by atoms with Gasteiger partial charge in [0.25, 0.3) is 0 Å². The number of methoxy groups -OCH3 is 1. The zero-order valence-corrected chi connectivity index (χ0v) is 12.5. The number of ether oxygens (including phenoxy) is 1. The highest BCUT2D eigenvalue weighted by Gasteiger charge is 2.21. The van der Waals surface area contributed by atoms with E-state index < -0.39 is 11.9 Å². The highest BCUT2D eigenvalue weighted by atomic mass is 16.5. The van der Waals surface area contributed by atoms with E-state index in [0.29, 0.717) is 6.54 Å². The molecule has 1 aromatic carbocycles. The maximum atomic E-state index is 11.7. The van der Waals surface area contributed by atoms with Crippen LogP contribution in [0.2, 0.25) is 0 Å². The quantitative estimate of drug-likeness (QED) is 0.606. The molecule has 0 aromatic heterocycles. The smallest absolute Gasteiger partial charge is 0.396 e. The van der Waals surface area contributed by atoms with Crippen molar-refractivity contribution in [2.24, 2.45) is 0 Å². The van der Waals surface area contributed by atoms with E-state index in [0.717, 1.165) is 16.7 Å². The number of esters is 1. The number of nitrogens with zero attached hydrogens (tertiary/aromatic N) is 1. The topological polar surface area (TPSA) is 46.6 Å². The first-order chi connectivity index (χ1) is 8.79. The van der Waals surface area contributed by atoms with Gasteiger partial charge in [0.05, 0.1) is 7.11 Å². The van der Waals surface area contributed by atoms with Gasteiger partial charge in [-0.2, -0.15) is 0 Å². The number of carbonyl (C=O) groups excluding carboxylic acids is 2. The summed E-state index contributed by atoms with van der Waals surface area (Å²) in [6.45, 7) is 8.58. The second-order valence-electron chi connectivity index (χ2n) is 4.89. The van der Waals surface area contributed by atoms with Crippen molar-refractivity contribution < 1.29 is 14.3 Å². The maximum absolute atomic E-state index is 11.7. The molecule has 4 nitrogen and oxygen atoms in total. The summed E-state index contributed by atoms with van der Waals surface area (Å²) in [5.41, 5.74) is 5.80. The fourth-order valence-electron chi connectivity index (χ4n) is 2.09. The summed E-state index contributed by atoms with van der Waals surface area (Å²) >= 11 is 0. The standard InChI is InChI=1S/C15H21NO3/c1-9-7-10(2)12(4)13(11(9)3)8-16(5)14(17)15(18)19-6/h7H,8H2,1-6H3. The van der Waals surface area contributed by atoms with Gasteiger partial charge in [0.15, 0.2) is 0 Å². The van der Waals surface area contributed by atoms with Gasteiger partial charge in [-0.1, -0.05) is 6.07 Å². The van der Waals surface area contributed by atoms with Crippen LogP contribution in [0.15, 0.2) is 6.07 Å². The second-order valence-corrected chi connectivity index (χ2v) is 4.89. The molecule has 104 valence electrons. The van der Waals surface area contributed by atoms with Gasteiger partial charge in [0, 0.05) is 13.6 Å². The molecule has 1 amide bonds. The molecular weight excluding hydrogens is 242 g/mol. The largest absolute Gasteiger partial charge is 0.462 e. The number of aryl methyl sites for hydroxylation is 2. The van der Waals surface area contributed by atoms with Crippen molar-refractivity contribution >= 4 is 11.9 Å². The lowest BCUT2D eigenvalue weighted by atomic mass is 9.94. The van der Waals surface area contributed by atoms with E-state index in [1.807, 2.05) is 27.7 Å². The van der Waals surface area contributed by atoms with Crippen molar-refractivity contribution in [2.45, 2.75) is 34.2 Å². The van der Waals surface area contributed by atoms with Crippen molar-refractivity contribution in [2.75, 3.05) is 14.2 Å². The summed E-state index contributed by atoms with van der Waals surface area (Å²) in [6, 6.07) is 2.14. The van der Waals surface area contributed by atoms with Gasteiger partial charge in [-0.05, 0) is 55.5 Å². The molecule has 0 atom stereocenters. The minimum atomic E-state index is -0.831. The molecule has 0 radical (unpaired) electrons. The molecule has 19 heavy (non-hydrogen) atoms. The van der Waals surface area contributed by atoms with E-state index in [9.17, 15) is 9.59 Å². The zero-order valence-electron chi connectivity index (χ0n) is 12.5. The van der Waals surface area contributed by atoms with Crippen LogP contribution in [0.25, 0.3) is 0 Å². The third-order valence-corrected chi connectivity index (χ3v) is 3.62. The summed E-state index contributed by atoms with van der Waals surface area (Å²) < 4.78 is 4.45. The minimum Gasteiger partial charge on any atom is -0.462 e. The van der Waals surface area contributed by atoms with Crippen LogP contribution < -0.4 is 0 Å². The summed E-state index contributed by atoms with van der Waals surface area (Å²) in [5.74, 6) is -1.46. The van der Waals surface area contributed by atoms with Gasteiger partial charge >= 0.3 is 11.9 Å². The Morgan fingerprint density at radius 2 is 1.58 bits per heavy atom. The fourth-order valence-corrected chi connectivity index (χ4v) is 2.09. The minimum absolute atomic E-state index is 0.411. The average molecular weight is 263 g/mol. The molecular formula is C15H21NO3. The van der Waals surface area contributed by atoms with Crippen LogP contribution in [0, 0.1) is 27.7 Å². The van der Waals surface area contributed by atoms with E-state index in [2.05, 4.69) is 10.8 Å². The molecule has 0 spiro atoms. The van der Waals surface area contributed by atoms with Crippen molar-refractivity contribution in [1.29, 1.82) is 0 Å². The van der Waals surface area contributed by atoms with Gasteiger partial charge < -0.3 is 9.64 Å². The Labute approximate surface area is 114 Å². The number of carbonyl (C=O) groups is 2. The van der Waals surface area contributed by atoms with Crippen molar-refractivity contribution in [3.8, 4) is 0 Å². The summed E-state index contributed by atoms with van der Waals surface area (Å²) in [4.78, 5) is 24.3. The van der Waals surface area contributed by atoms with Gasteiger partial charge in [0.2, 0.25) is 0 Å². The Morgan fingerprint density at radius 3 is 2.00 bits per heavy atom. The third kappa shape index (κ3) is 3.13. The van der Waals surface area contributed by atoms with E-state index in [1.54, 1.807) is 7.05 Å². The maximum Gasteiger partial charge on any atom is 0.396 e. The van der Waals surface area contributed by atoms with E-state index in [4.69, 9.17) is 0 Å². The Kier molecular flexibility index (Phi) is 4.70. The Morgan fingerprint density at radius 1 is 1.11 bits per heavy atom. The molecule has 0 N–H and O–H groups in total. The molecule has 0 saturated heterocycles. The molecule has 0 bridgehead atoms. The first-order valence-electron chi connectivity index (χ1n) is 6.19. The third-order valence-electron chi connectivity index (χ3n) is 3.62. The number of hydrogen-bond acceptors (Lipinski definition) is 3. The predicted molar refractivity (Wildman–Crippen MR) is 73.9 cm³/mol. The lowest BCUT2D eigenvalue weighted by Crippen LogP contribution is -2.34. The molecule has 1 aromatic rings. The number of rotatable bonds is 2. The summed E-state index contributed by atoms with van der Waals surface area (Å²) in [6.07, 6.45) is 0. The van der Waals surface area contributed by atoms with Crippen LogP contribution in [0.3, 0.4) is 0 Å². The molecule has 0 unspecified atom stereocenters. The van der Waals surface area contributed by atoms with Crippen molar-refractivity contribution in [1.82, 2.24) is 4.90 Å². The van der Waals surface area contributed by atoms with E-state index in [-0.39, 0.29) is 0 Å². The van der Waals surface area contributed by atoms with Crippen LogP contribution >= 0.6 is 0 Å². The zero-order chi connectivity index (χ0) is 14.7. The van der Waals surface area contributed by atoms with Gasteiger partial charge in [-0.25, -0.2) is 4.79 Å². The highest BCUT2D eigenvalue weighted by Crippen LogP contribution is 2.22. The number of benzene rings is 1. The van der Waals surface area contributed by atoms with Crippen molar-refractivity contribution in [3.05, 3.63) is 33.9 Å². The predicted octanol–water partition coefficient (Wildman–Crippen LogP) is 2.05. The first-order valence-corrected chi connectivity index (χ1v) is 6.19. The first kappa shape index (κ1) is 15.2. The Bertz CT molecular complexity index is 494. The van der Waals surface area contributed by atoms with Gasteiger partial charge in [-0.3, -0.25) is 4.79 Å². The molecule has 0 aliphatic heterocycles. The van der Waals surface area contributed by atoms with Crippen LogP contribution in [0.5, 0.6) is 0 Å². The van der Waals surface area contributed by atoms with Crippen molar-refractivity contribution in [3.63, 3.8) is 0 Å². The molecule has 0 fully saturated rings. The van der Waals surface area contributed by atoms with Crippen LogP contribution in [-0.4, -0.2) is 30.9 Å². The van der Waals surface area contributed by atoms with E-state index in [1.165, 1.54) is 23.1 Å². The normalized spacial score (nSPS) is 10.2. The van der Waals surface area contributed by atoms with Crippen LogP contribution in [0.1, 0.15) is 27.8 Å². The van der Waals surface area contributed by atoms with Gasteiger partial charge in [0.1, 0.15) is 0 Å². The average Bonchev–Trinajstić information content (AvgIpc) is 2.39.